The van der Waals surface area contributed by atoms with E-state index in [0.29, 0.717) is 18.5 Å². The van der Waals surface area contributed by atoms with Crippen molar-refractivity contribution in [3.05, 3.63) is 28.8 Å². The molecule has 106 valence electrons. The summed E-state index contributed by atoms with van der Waals surface area (Å²) in [5.41, 5.74) is 0.209. The van der Waals surface area contributed by atoms with Crippen LogP contribution in [0.15, 0.2) is 18.2 Å². The minimum atomic E-state index is -0.407. The molecule has 1 rings (SSSR count). The Bertz CT molecular complexity index is 458. The predicted molar refractivity (Wildman–Crippen MR) is 75.5 cm³/mol. The van der Waals surface area contributed by atoms with E-state index in [2.05, 4.69) is 5.32 Å². The van der Waals surface area contributed by atoms with Gasteiger partial charge in [-0.2, -0.15) is 0 Å². The molecule has 0 saturated carbocycles. The van der Waals surface area contributed by atoms with Crippen molar-refractivity contribution < 1.29 is 15.0 Å². The number of hydrogen-bond acceptors (Lipinski definition) is 3. The smallest absolute Gasteiger partial charge is 0.251 e. The van der Waals surface area contributed by atoms with Crippen LogP contribution in [0.5, 0.6) is 5.75 Å². The molecule has 1 amide bonds. The molecule has 1 aromatic carbocycles. The Kier molecular flexibility index (Phi) is 5.20. The van der Waals surface area contributed by atoms with Gasteiger partial charge in [0.1, 0.15) is 5.75 Å². The lowest BCUT2D eigenvalue weighted by Gasteiger charge is -2.26. The number of carbonyl (C=O) groups is 1. The van der Waals surface area contributed by atoms with Crippen LogP contribution in [0.3, 0.4) is 0 Å². The van der Waals surface area contributed by atoms with E-state index in [1.165, 1.54) is 18.2 Å². The number of aliphatic hydroxyl groups is 1. The van der Waals surface area contributed by atoms with Gasteiger partial charge in [-0.3, -0.25) is 4.79 Å². The molecule has 0 aliphatic rings. The lowest BCUT2D eigenvalue weighted by Crippen LogP contribution is -2.35. The van der Waals surface area contributed by atoms with E-state index in [-0.39, 0.29) is 22.1 Å². The Morgan fingerprint density at radius 1 is 1.47 bits per heavy atom. The Hall–Kier alpha value is -1.26. The molecular formula is C14H20ClNO3. The number of amides is 1. The zero-order chi connectivity index (χ0) is 14.6. The fourth-order valence-corrected chi connectivity index (χ4v) is 2.12. The molecule has 0 saturated heterocycles. The fraction of sp³-hybridized carbons (Fsp3) is 0.500. The molecule has 0 bridgehead atoms. The quantitative estimate of drug-likeness (QED) is 0.779. The van der Waals surface area contributed by atoms with Gasteiger partial charge in [-0.25, -0.2) is 0 Å². The second-order valence-electron chi connectivity index (χ2n) is 5.57. The van der Waals surface area contributed by atoms with Crippen LogP contribution in [0.4, 0.5) is 0 Å². The van der Waals surface area contributed by atoms with Crippen LogP contribution in [0.1, 0.15) is 37.6 Å². The van der Waals surface area contributed by atoms with E-state index in [1.54, 1.807) is 6.92 Å². The Morgan fingerprint density at radius 3 is 2.63 bits per heavy atom. The molecule has 1 unspecified atom stereocenters. The molecule has 3 N–H and O–H groups in total. The molecule has 5 heteroatoms. The van der Waals surface area contributed by atoms with Crippen molar-refractivity contribution >= 4 is 17.5 Å². The monoisotopic (exact) mass is 285 g/mol. The number of aromatic hydroxyl groups is 1. The summed E-state index contributed by atoms with van der Waals surface area (Å²) < 4.78 is 0. The van der Waals surface area contributed by atoms with Gasteiger partial charge >= 0.3 is 0 Å². The average molecular weight is 286 g/mol. The Labute approximate surface area is 118 Å². The summed E-state index contributed by atoms with van der Waals surface area (Å²) in [7, 11) is 0. The first kappa shape index (κ1) is 15.8. The van der Waals surface area contributed by atoms with Crippen LogP contribution in [0.25, 0.3) is 0 Å². The number of rotatable bonds is 5. The van der Waals surface area contributed by atoms with Crippen molar-refractivity contribution in [2.75, 3.05) is 6.54 Å². The summed E-state index contributed by atoms with van der Waals surface area (Å²) in [6, 6.07) is 4.32. The van der Waals surface area contributed by atoms with E-state index < -0.39 is 6.10 Å². The normalized spacial score (nSPS) is 13.1. The number of carbonyl (C=O) groups excluding carboxylic acids is 1. The van der Waals surface area contributed by atoms with Gasteiger partial charge in [-0.05, 0) is 37.0 Å². The number of hydrogen-bond donors (Lipinski definition) is 3. The summed E-state index contributed by atoms with van der Waals surface area (Å²) in [5.74, 6) is -0.298. The van der Waals surface area contributed by atoms with Crippen molar-refractivity contribution in [1.29, 1.82) is 0 Å². The highest BCUT2D eigenvalue weighted by Crippen LogP contribution is 2.24. The van der Waals surface area contributed by atoms with E-state index in [9.17, 15) is 15.0 Å². The number of aliphatic hydroxyl groups excluding tert-OH is 1. The summed E-state index contributed by atoms with van der Waals surface area (Å²) >= 11 is 5.75. The molecule has 0 aliphatic heterocycles. The van der Waals surface area contributed by atoms with Gasteiger partial charge in [0.15, 0.2) is 0 Å². The van der Waals surface area contributed by atoms with Gasteiger partial charge in [0.05, 0.1) is 11.1 Å². The molecule has 0 aliphatic carbocycles. The van der Waals surface area contributed by atoms with E-state index >= 15 is 0 Å². The van der Waals surface area contributed by atoms with Crippen LogP contribution in [-0.2, 0) is 0 Å². The number of phenolic OH excluding ortho intramolecular Hbond substituents is 1. The molecule has 1 atom stereocenters. The minimum Gasteiger partial charge on any atom is -0.506 e. The molecule has 0 spiro atoms. The Morgan fingerprint density at radius 2 is 2.11 bits per heavy atom. The van der Waals surface area contributed by atoms with Crippen molar-refractivity contribution in [3.63, 3.8) is 0 Å². The van der Waals surface area contributed by atoms with Gasteiger partial charge in [0.25, 0.3) is 5.91 Å². The second-order valence-corrected chi connectivity index (χ2v) is 5.97. The fourth-order valence-electron chi connectivity index (χ4n) is 1.94. The van der Waals surface area contributed by atoms with E-state index in [1.807, 2.05) is 13.8 Å². The highest BCUT2D eigenvalue weighted by atomic mass is 35.5. The van der Waals surface area contributed by atoms with Crippen LogP contribution in [0.2, 0.25) is 5.02 Å². The highest BCUT2D eigenvalue weighted by Gasteiger charge is 2.21. The largest absolute Gasteiger partial charge is 0.506 e. The van der Waals surface area contributed by atoms with E-state index in [0.717, 1.165) is 0 Å². The van der Waals surface area contributed by atoms with Crippen molar-refractivity contribution in [2.24, 2.45) is 5.41 Å². The molecule has 0 radical (unpaired) electrons. The maximum atomic E-state index is 11.9. The first-order chi connectivity index (χ1) is 8.71. The lowest BCUT2D eigenvalue weighted by atomic mass is 9.87. The third kappa shape index (κ3) is 5.09. The second kappa shape index (κ2) is 6.26. The summed E-state index contributed by atoms with van der Waals surface area (Å²) in [6.45, 7) is 6.13. The molecule has 4 nitrogen and oxygen atoms in total. The third-order valence-corrected chi connectivity index (χ3v) is 3.09. The van der Waals surface area contributed by atoms with Crippen molar-refractivity contribution in [1.82, 2.24) is 5.32 Å². The molecule has 0 fully saturated rings. The standard InChI is InChI=1S/C14H20ClNO3/c1-9(17)7-14(2,3)8-16-13(19)10-4-5-12(18)11(15)6-10/h4-6,9,17-18H,7-8H2,1-3H3,(H,16,19). The van der Waals surface area contributed by atoms with Crippen LogP contribution < -0.4 is 5.32 Å². The van der Waals surface area contributed by atoms with Crippen molar-refractivity contribution in [3.8, 4) is 5.75 Å². The molecule has 0 aromatic heterocycles. The molecule has 0 heterocycles. The first-order valence-corrected chi connectivity index (χ1v) is 6.54. The summed E-state index contributed by atoms with van der Waals surface area (Å²) in [4.78, 5) is 11.9. The maximum absolute atomic E-state index is 11.9. The number of nitrogens with one attached hydrogen (secondary N) is 1. The van der Waals surface area contributed by atoms with Gasteiger partial charge in [0.2, 0.25) is 0 Å². The van der Waals surface area contributed by atoms with Gasteiger partial charge in [0, 0.05) is 12.1 Å². The molecule has 19 heavy (non-hydrogen) atoms. The summed E-state index contributed by atoms with van der Waals surface area (Å²) in [5, 5.41) is 21.6. The van der Waals surface area contributed by atoms with Crippen molar-refractivity contribution in [2.45, 2.75) is 33.3 Å². The average Bonchev–Trinajstić information content (AvgIpc) is 2.28. The first-order valence-electron chi connectivity index (χ1n) is 6.16. The van der Waals surface area contributed by atoms with Gasteiger partial charge < -0.3 is 15.5 Å². The third-order valence-electron chi connectivity index (χ3n) is 2.79. The number of benzene rings is 1. The summed E-state index contributed by atoms with van der Waals surface area (Å²) in [6.07, 6.45) is 0.193. The Balaban J connectivity index is 2.62. The predicted octanol–water partition coefficient (Wildman–Crippen LogP) is 2.57. The maximum Gasteiger partial charge on any atom is 0.251 e. The number of halogens is 1. The van der Waals surface area contributed by atoms with E-state index in [4.69, 9.17) is 11.6 Å². The van der Waals surface area contributed by atoms with Crippen LogP contribution in [0, 0.1) is 5.41 Å². The van der Waals surface area contributed by atoms with Crippen LogP contribution in [-0.4, -0.2) is 28.8 Å². The molecular weight excluding hydrogens is 266 g/mol. The SMILES string of the molecule is CC(O)CC(C)(C)CNC(=O)c1ccc(O)c(Cl)c1. The zero-order valence-electron chi connectivity index (χ0n) is 11.4. The number of phenols is 1. The van der Waals surface area contributed by atoms with Gasteiger partial charge in [-0.1, -0.05) is 25.4 Å². The molecule has 1 aromatic rings. The minimum absolute atomic E-state index is 0.0485. The van der Waals surface area contributed by atoms with Crippen LogP contribution >= 0.6 is 11.6 Å². The van der Waals surface area contributed by atoms with Gasteiger partial charge in [-0.15, -0.1) is 0 Å². The zero-order valence-corrected chi connectivity index (χ0v) is 12.2. The topological polar surface area (TPSA) is 69.6 Å². The lowest BCUT2D eigenvalue weighted by molar-refractivity contribution is 0.0902. The highest BCUT2D eigenvalue weighted by molar-refractivity contribution is 6.32.